The molecule has 126 valence electrons. The number of rotatable bonds is 11. The van der Waals surface area contributed by atoms with Gasteiger partial charge in [0.05, 0.1) is 0 Å². The Morgan fingerprint density at radius 3 is 1.64 bits per heavy atom. The second-order valence-corrected chi connectivity index (χ2v) is 5.84. The molecule has 0 rings (SSSR count). The smallest absolute Gasteiger partial charge is 0.481 e. The largest absolute Gasteiger partial charge is 1.00 e. The van der Waals surface area contributed by atoms with Crippen molar-refractivity contribution in [3.63, 3.8) is 0 Å². The molecule has 0 aliphatic rings. The Labute approximate surface area is 148 Å². The Bertz CT molecular complexity index is 255. The van der Waals surface area contributed by atoms with E-state index in [0.29, 0.717) is 0 Å². The van der Waals surface area contributed by atoms with E-state index in [0.717, 1.165) is 5.92 Å². The maximum atomic E-state index is 9.43. The fourth-order valence-electron chi connectivity index (χ4n) is 1.78. The van der Waals surface area contributed by atoms with Gasteiger partial charge in [0.1, 0.15) is 6.42 Å². The zero-order valence-corrected chi connectivity index (χ0v) is 15.2. The Hall–Kier alpha value is -0.463. The molecule has 5 heteroatoms. The van der Waals surface area contributed by atoms with Crippen molar-refractivity contribution in [3.05, 3.63) is 5.92 Å². The van der Waals surface area contributed by atoms with Gasteiger partial charge in [-0.15, -0.1) is 0 Å². The minimum Gasteiger partial charge on any atom is -0.481 e. The molecular weight excluding hydrogens is 275 g/mol. The molecule has 4 nitrogen and oxygen atoms in total. The third-order valence-electron chi connectivity index (χ3n) is 3.46. The van der Waals surface area contributed by atoms with E-state index < -0.39 is 18.4 Å². The van der Waals surface area contributed by atoms with Crippen LogP contribution in [0.15, 0.2) is 0 Å². The van der Waals surface area contributed by atoms with Gasteiger partial charge in [-0.25, -0.2) is 0 Å². The van der Waals surface area contributed by atoms with E-state index in [-0.39, 0.29) is 18.9 Å². The van der Waals surface area contributed by atoms with Crippen molar-refractivity contribution in [3.8, 4) is 0 Å². The van der Waals surface area contributed by atoms with Crippen molar-refractivity contribution in [2.24, 2.45) is 5.92 Å². The third-order valence-corrected chi connectivity index (χ3v) is 3.46. The Balaban J connectivity index is -0.000000385. The number of carboxylic acids is 2. The van der Waals surface area contributed by atoms with Crippen LogP contribution < -0.4 is 18.9 Å². The molecule has 0 fully saturated rings. The van der Waals surface area contributed by atoms with Crippen LogP contribution in [0, 0.1) is 11.8 Å². The van der Waals surface area contributed by atoms with Crippen LogP contribution in [0.25, 0.3) is 0 Å². The quantitative estimate of drug-likeness (QED) is 0.265. The van der Waals surface area contributed by atoms with Gasteiger partial charge >= 0.3 is 30.8 Å². The van der Waals surface area contributed by atoms with Crippen LogP contribution in [0.4, 0.5) is 0 Å². The van der Waals surface area contributed by atoms with Gasteiger partial charge in [0.25, 0.3) is 0 Å². The fraction of sp³-hybridized carbons (Fsp3) is 0.824. The molecule has 22 heavy (non-hydrogen) atoms. The maximum absolute atomic E-state index is 9.43. The molecule has 0 spiro atoms. The zero-order chi connectivity index (χ0) is 16.7. The Morgan fingerprint density at radius 1 is 0.909 bits per heavy atom. The summed E-state index contributed by atoms with van der Waals surface area (Å²) in [6, 6.07) is 0. The van der Waals surface area contributed by atoms with Gasteiger partial charge in [-0.3, -0.25) is 9.59 Å². The SMILES string of the molecule is CCCCCCCCC[C-](C)C(C)C.O=C(O)CC(=O)O.[Li+]. The molecular formula is C17H33LiO4. The average Bonchev–Trinajstić information content (AvgIpc) is 2.36. The summed E-state index contributed by atoms with van der Waals surface area (Å²) in [6.45, 7) is 9.19. The minimum absolute atomic E-state index is 0. The van der Waals surface area contributed by atoms with Gasteiger partial charge in [-0.1, -0.05) is 65.7 Å². The van der Waals surface area contributed by atoms with Gasteiger partial charge < -0.3 is 16.1 Å². The standard InChI is InChI=1S/C14H29.C3H4O4.Li/c1-5-6-7-8-9-10-11-12-14(4)13(2)3;4-2(5)1-3(6)7;/h13H,5-12H2,1-4H3;1H2,(H,4,5)(H,6,7);/q-1;;+1. The number of aliphatic carboxylic acids is 2. The third kappa shape index (κ3) is 24.5. The Morgan fingerprint density at radius 2 is 1.32 bits per heavy atom. The van der Waals surface area contributed by atoms with Gasteiger partial charge in [0, 0.05) is 0 Å². The molecule has 0 aromatic heterocycles. The molecule has 2 N–H and O–H groups in total. The van der Waals surface area contributed by atoms with Crippen LogP contribution in [0.3, 0.4) is 0 Å². The van der Waals surface area contributed by atoms with Crippen LogP contribution in [0.1, 0.15) is 85.5 Å². The zero-order valence-electron chi connectivity index (χ0n) is 15.2. The molecule has 0 bridgehead atoms. The summed E-state index contributed by atoms with van der Waals surface area (Å²) in [7, 11) is 0. The molecule has 0 heterocycles. The summed E-state index contributed by atoms with van der Waals surface area (Å²) in [5.41, 5.74) is 0. The van der Waals surface area contributed by atoms with Crippen molar-refractivity contribution >= 4 is 11.9 Å². The maximum Gasteiger partial charge on any atom is 1.00 e. The first-order valence-electron chi connectivity index (χ1n) is 8.07. The van der Waals surface area contributed by atoms with E-state index in [9.17, 15) is 9.59 Å². The summed E-state index contributed by atoms with van der Waals surface area (Å²) in [5, 5.41) is 15.4. The van der Waals surface area contributed by atoms with E-state index in [1.54, 1.807) is 5.92 Å². The number of carboxylic acid groups (broad SMARTS) is 2. The number of unbranched alkanes of at least 4 members (excludes halogenated alkanes) is 6. The van der Waals surface area contributed by atoms with Gasteiger partial charge in [-0.05, 0) is 0 Å². The predicted octanol–water partition coefficient (Wildman–Crippen LogP) is 1.93. The van der Waals surface area contributed by atoms with Crippen LogP contribution in [0.5, 0.6) is 0 Å². The van der Waals surface area contributed by atoms with Gasteiger partial charge in [0.15, 0.2) is 0 Å². The van der Waals surface area contributed by atoms with Crippen LogP contribution in [-0.2, 0) is 9.59 Å². The van der Waals surface area contributed by atoms with Gasteiger partial charge in [-0.2, -0.15) is 19.3 Å². The van der Waals surface area contributed by atoms with Crippen LogP contribution >= 0.6 is 0 Å². The summed E-state index contributed by atoms with van der Waals surface area (Å²) < 4.78 is 0. The summed E-state index contributed by atoms with van der Waals surface area (Å²) in [5.74, 6) is -0.159. The fourth-order valence-corrected chi connectivity index (χ4v) is 1.78. The second kappa shape index (κ2) is 18.6. The number of hydrogen-bond acceptors (Lipinski definition) is 2. The summed E-state index contributed by atoms with van der Waals surface area (Å²) in [4.78, 5) is 18.9. The van der Waals surface area contributed by atoms with E-state index >= 15 is 0 Å². The molecule has 0 amide bonds. The minimum atomic E-state index is -1.31. The van der Waals surface area contributed by atoms with Crippen molar-refractivity contribution in [2.45, 2.75) is 85.5 Å². The number of hydrogen-bond donors (Lipinski definition) is 2. The molecule has 0 saturated heterocycles. The molecule has 0 unspecified atom stereocenters. The topological polar surface area (TPSA) is 74.6 Å². The van der Waals surface area contributed by atoms with Crippen molar-refractivity contribution in [1.29, 1.82) is 0 Å². The molecule has 0 aliphatic carbocycles. The monoisotopic (exact) mass is 308 g/mol. The first-order valence-corrected chi connectivity index (χ1v) is 8.07. The normalized spacial score (nSPS) is 9.91. The predicted molar refractivity (Wildman–Crippen MR) is 86.3 cm³/mol. The second-order valence-electron chi connectivity index (χ2n) is 5.84. The van der Waals surface area contributed by atoms with Crippen molar-refractivity contribution in [2.75, 3.05) is 0 Å². The molecule has 0 aromatic carbocycles. The van der Waals surface area contributed by atoms with Crippen LogP contribution in [-0.4, -0.2) is 22.2 Å². The first-order chi connectivity index (χ1) is 9.81. The van der Waals surface area contributed by atoms with Crippen molar-refractivity contribution < 1.29 is 38.7 Å². The van der Waals surface area contributed by atoms with Crippen molar-refractivity contribution in [1.82, 2.24) is 0 Å². The average molecular weight is 308 g/mol. The number of carbonyl (C=O) groups is 2. The molecule has 0 radical (unpaired) electrons. The molecule has 0 atom stereocenters. The van der Waals surface area contributed by atoms with Crippen LogP contribution in [0.2, 0.25) is 0 Å². The van der Waals surface area contributed by atoms with E-state index in [4.69, 9.17) is 10.2 Å². The summed E-state index contributed by atoms with van der Waals surface area (Å²) in [6.07, 6.45) is 10.5. The van der Waals surface area contributed by atoms with E-state index in [2.05, 4.69) is 27.7 Å². The molecule has 0 aromatic rings. The summed E-state index contributed by atoms with van der Waals surface area (Å²) >= 11 is 0. The molecule has 0 aliphatic heterocycles. The van der Waals surface area contributed by atoms with E-state index in [1.165, 1.54) is 51.4 Å². The Kier molecular flexibility index (Phi) is 22.3. The molecule has 0 saturated carbocycles. The van der Waals surface area contributed by atoms with E-state index in [1.807, 2.05) is 0 Å². The van der Waals surface area contributed by atoms with Gasteiger partial charge in [0.2, 0.25) is 0 Å². The first kappa shape index (κ1) is 26.4.